The van der Waals surface area contributed by atoms with Crippen LogP contribution in [0.2, 0.25) is 5.02 Å². The van der Waals surface area contributed by atoms with Gasteiger partial charge in [0, 0.05) is 15.7 Å². The largest absolute Gasteiger partial charge is 0.476 e. The Morgan fingerprint density at radius 2 is 2.24 bits per heavy atom. The van der Waals surface area contributed by atoms with Crippen molar-refractivity contribution in [1.29, 1.82) is 0 Å². The fourth-order valence-electron chi connectivity index (χ4n) is 1.38. The molecule has 17 heavy (non-hydrogen) atoms. The fourth-order valence-corrected chi connectivity index (χ4v) is 2.18. The average molecular weight is 316 g/mol. The lowest BCUT2D eigenvalue weighted by Crippen LogP contribution is -2.01. The third-order valence-corrected chi connectivity index (χ3v) is 3.33. The van der Waals surface area contributed by atoms with Gasteiger partial charge in [-0.2, -0.15) is 5.10 Å². The summed E-state index contributed by atoms with van der Waals surface area (Å²) in [5.41, 5.74) is 1.63. The second-order valence-electron chi connectivity index (χ2n) is 3.50. The van der Waals surface area contributed by atoms with E-state index in [9.17, 15) is 4.79 Å². The molecule has 0 aliphatic carbocycles. The van der Waals surface area contributed by atoms with Gasteiger partial charge in [-0.1, -0.05) is 11.6 Å². The van der Waals surface area contributed by atoms with Gasteiger partial charge in [0.15, 0.2) is 5.69 Å². The van der Waals surface area contributed by atoms with Crippen molar-refractivity contribution >= 4 is 33.5 Å². The van der Waals surface area contributed by atoms with Crippen molar-refractivity contribution in [3.8, 4) is 5.69 Å². The quantitative estimate of drug-likeness (QED) is 0.925. The van der Waals surface area contributed by atoms with Gasteiger partial charge in [-0.15, -0.1) is 0 Å². The number of carbonyl (C=O) groups is 1. The molecule has 0 fully saturated rings. The summed E-state index contributed by atoms with van der Waals surface area (Å²) in [6, 6.07) is 5.03. The van der Waals surface area contributed by atoms with Crippen LogP contribution < -0.4 is 0 Å². The molecule has 1 aromatic carbocycles. The molecular formula is C11H8BrClN2O2. The normalized spacial score (nSPS) is 10.5. The highest BCUT2D eigenvalue weighted by molar-refractivity contribution is 9.10. The van der Waals surface area contributed by atoms with Crippen molar-refractivity contribution < 1.29 is 9.90 Å². The van der Waals surface area contributed by atoms with E-state index >= 15 is 0 Å². The Morgan fingerprint density at radius 1 is 1.53 bits per heavy atom. The molecule has 1 aromatic heterocycles. The lowest BCUT2D eigenvalue weighted by atomic mass is 10.2. The van der Waals surface area contributed by atoms with Gasteiger partial charge in [0.05, 0.1) is 5.69 Å². The minimum absolute atomic E-state index is 0.00593. The monoisotopic (exact) mass is 314 g/mol. The number of nitrogens with zero attached hydrogens (tertiary/aromatic N) is 2. The smallest absolute Gasteiger partial charge is 0.356 e. The first-order valence-electron chi connectivity index (χ1n) is 4.74. The standard InChI is InChI=1S/C11H8BrClN2O2/c1-6-4-7(12)10(5-8(6)13)15-3-2-9(14-15)11(16)17/h2-5H,1H3,(H,16,17). The third kappa shape index (κ3) is 2.35. The topological polar surface area (TPSA) is 55.1 Å². The van der Waals surface area contributed by atoms with Crippen LogP contribution in [0.15, 0.2) is 28.9 Å². The lowest BCUT2D eigenvalue weighted by molar-refractivity contribution is 0.0690. The van der Waals surface area contributed by atoms with E-state index in [0.717, 1.165) is 10.0 Å². The first-order valence-corrected chi connectivity index (χ1v) is 5.91. The van der Waals surface area contributed by atoms with Crippen molar-refractivity contribution in [3.63, 3.8) is 0 Å². The molecule has 0 saturated heterocycles. The highest BCUT2D eigenvalue weighted by Gasteiger charge is 2.11. The Labute approximate surface area is 111 Å². The summed E-state index contributed by atoms with van der Waals surface area (Å²) in [5.74, 6) is -1.06. The van der Waals surface area contributed by atoms with Gasteiger partial charge in [-0.25, -0.2) is 9.48 Å². The number of hydrogen-bond acceptors (Lipinski definition) is 2. The zero-order chi connectivity index (χ0) is 12.6. The van der Waals surface area contributed by atoms with E-state index < -0.39 is 5.97 Å². The highest BCUT2D eigenvalue weighted by atomic mass is 79.9. The maximum Gasteiger partial charge on any atom is 0.356 e. The van der Waals surface area contributed by atoms with Crippen LogP contribution in [0.25, 0.3) is 5.69 Å². The Morgan fingerprint density at radius 3 is 2.82 bits per heavy atom. The average Bonchev–Trinajstić information content (AvgIpc) is 2.72. The molecule has 0 unspecified atom stereocenters. The number of rotatable bonds is 2. The van der Waals surface area contributed by atoms with Crippen LogP contribution in [0.5, 0.6) is 0 Å². The first kappa shape index (κ1) is 12.1. The number of carboxylic acid groups (broad SMARTS) is 1. The molecule has 0 aliphatic rings. The predicted octanol–water partition coefficient (Wildman–Crippen LogP) is 3.29. The summed E-state index contributed by atoms with van der Waals surface area (Å²) in [7, 11) is 0. The number of halogens is 2. The molecule has 0 spiro atoms. The SMILES string of the molecule is Cc1cc(Br)c(-n2ccc(C(=O)O)n2)cc1Cl. The molecule has 0 saturated carbocycles. The van der Waals surface area contributed by atoms with Crippen LogP contribution >= 0.6 is 27.5 Å². The third-order valence-electron chi connectivity index (χ3n) is 2.28. The van der Waals surface area contributed by atoms with Crippen molar-refractivity contribution in [2.24, 2.45) is 0 Å². The van der Waals surface area contributed by atoms with Crippen LogP contribution in [0.4, 0.5) is 0 Å². The van der Waals surface area contributed by atoms with Gasteiger partial charge >= 0.3 is 5.97 Å². The second-order valence-corrected chi connectivity index (χ2v) is 4.77. The van der Waals surface area contributed by atoms with Crippen molar-refractivity contribution in [2.75, 3.05) is 0 Å². The number of carboxylic acids is 1. The van der Waals surface area contributed by atoms with Crippen LogP contribution in [-0.4, -0.2) is 20.9 Å². The van der Waals surface area contributed by atoms with E-state index in [1.807, 2.05) is 13.0 Å². The van der Waals surface area contributed by atoms with Crippen LogP contribution in [0.3, 0.4) is 0 Å². The van der Waals surface area contributed by atoms with Crippen molar-refractivity contribution in [2.45, 2.75) is 6.92 Å². The minimum Gasteiger partial charge on any atom is -0.476 e. The molecule has 6 heteroatoms. The van der Waals surface area contributed by atoms with Gasteiger partial charge in [0.1, 0.15) is 0 Å². The van der Waals surface area contributed by atoms with E-state index in [-0.39, 0.29) is 5.69 Å². The van der Waals surface area contributed by atoms with Crippen molar-refractivity contribution in [3.05, 3.63) is 45.1 Å². The second kappa shape index (κ2) is 4.50. The molecule has 0 radical (unpaired) electrons. The number of aryl methyl sites for hydroxylation is 1. The van der Waals surface area contributed by atoms with Gasteiger partial charge in [0.2, 0.25) is 0 Å². The Kier molecular flexibility index (Phi) is 3.22. The van der Waals surface area contributed by atoms with E-state index in [1.165, 1.54) is 10.7 Å². The van der Waals surface area contributed by atoms with Gasteiger partial charge < -0.3 is 5.11 Å². The summed E-state index contributed by atoms with van der Waals surface area (Å²) in [6.07, 6.45) is 1.58. The summed E-state index contributed by atoms with van der Waals surface area (Å²) in [6.45, 7) is 1.89. The molecule has 2 rings (SSSR count). The molecule has 0 atom stereocenters. The van der Waals surface area contributed by atoms with E-state index in [1.54, 1.807) is 12.3 Å². The zero-order valence-corrected chi connectivity index (χ0v) is 11.2. The summed E-state index contributed by atoms with van der Waals surface area (Å²) in [5, 5.41) is 13.3. The maximum absolute atomic E-state index is 10.7. The van der Waals surface area contributed by atoms with Gasteiger partial charge in [-0.05, 0) is 46.6 Å². The lowest BCUT2D eigenvalue weighted by Gasteiger charge is -2.07. The molecule has 0 bridgehead atoms. The number of benzene rings is 1. The Balaban J connectivity index is 2.52. The molecule has 0 aliphatic heterocycles. The number of aromatic carboxylic acids is 1. The van der Waals surface area contributed by atoms with E-state index in [4.69, 9.17) is 16.7 Å². The Hall–Kier alpha value is -1.33. The summed E-state index contributed by atoms with van der Waals surface area (Å²) < 4.78 is 2.28. The molecule has 0 amide bonds. The van der Waals surface area contributed by atoms with Crippen LogP contribution in [0.1, 0.15) is 16.1 Å². The number of hydrogen-bond donors (Lipinski definition) is 1. The highest BCUT2D eigenvalue weighted by Crippen LogP contribution is 2.27. The number of aromatic nitrogens is 2. The molecule has 1 N–H and O–H groups in total. The minimum atomic E-state index is -1.06. The molecular weight excluding hydrogens is 307 g/mol. The predicted molar refractivity (Wildman–Crippen MR) is 68.0 cm³/mol. The summed E-state index contributed by atoms with van der Waals surface area (Å²) >= 11 is 9.42. The van der Waals surface area contributed by atoms with Crippen molar-refractivity contribution in [1.82, 2.24) is 9.78 Å². The molecule has 4 nitrogen and oxygen atoms in total. The maximum atomic E-state index is 10.7. The zero-order valence-electron chi connectivity index (χ0n) is 8.82. The first-order chi connectivity index (χ1) is 7.99. The molecule has 1 heterocycles. The summed E-state index contributed by atoms with van der Waals surface area (Å²) in [4.78, 5) is 10.7. The van der Waals surface area contributed by atoms with Crippen LogP contribution in [-0.2, 0) is 0 Å². The Bertz CT molecular complexity index is 595. The molecule has 88 valence electrons. The van der Waals surface area contributed by atoms with Crippen LogP contribution in [0, 0.1) is 6.92 Å². The fraction of sp³-hybridized carbons (Fsp3) is 0.0909. The molecule has 2 aromatic rings. The van der Waals surface area contributed by atoms with Gasteiger partial charge in [-0.3, -0.25) is 0 Å². The van der Waals surface area contributed by atoms with E-state index in [0.29, 0.717) is 10.7 Å². The van der Waals surface area contributed by atoms with Gasteiger partial charge in [0.25, 0.3) is 0 Å². The van der Waals surface area contributed by atoms with E-state index in [2.05, 4.69) is 21.0 Å².